The minimum Gasteiger partial charge on any atom is -0.376 e. The Morgan fingerprint density at radius 3 is 2.65 bits per heavy atom. The molecule has 2 amide bonds. The maximum atomic E-state index is 12.8. The molecule has 2 aromatic heterocycles. The fourth-order valence-electron chi connectivity index (χ4n) is 4.14. The molecule has 9 nitrogen and oxygen atoms in total. The van der Waals surface area contributed by atoms with Crippen LogP contribution in [0.1, 0.15) is 63.7 Å². The van der Waals surface area contributed by atoms with Gasteiger partial charge in [0.25, 0.3) is 11.8 Å². The van der Waals surface area contributed by atoms with Crippen LogP contribution in [0.5, 0.6) is 0 Å². The van der Waals surface area contributed by atoms with E-state index in [1.165, 1.54) is 6.20 Å². The Labute approximate surface area is 181 Å². The summed E-state index contributed by atoms with van der Waals surface area (Å²) in [6.45, 7) is 4.35. The third kappa shape index (κ3) is 4.99. The first kappa shape index (κ1) is 21.2. The molecule has 0 bridgehead atoms. The molecule has 9 heteroatoms. The van der Waals surface area contributed by atoms with Gasteiger partial charge in [0.1, 0.15) is 0 Å². The Hall–Kier alpha value is -3.07. The monoisotopic (exact) mass is 424 g/mol. The number of nitrogens with one attached hydrogen (secondary N) is 1. The van der Waals surface area contributed by atoms with Crippen molar-refractivity contribution in [2.24, 2.45) is 0 Å². The summed E-state index contributed by atoms with van der Waals surface area (Å²) in [6.07, 6.45) is 6.92. The van der Waals surface area contributed by atoms with Crippen molar-refractivity contribution >= 4 is 17.8 Å². The second-order valence-corrected chi connectivity index (χ2v) is 8.11. The molecule has 2 fully saturated rings. The molecule has 1 atom stereocenters. The van der Waals surface area contributed by atoms with Crippen LogP contribution in [0.4, 0.5) is 5.95 Å². The van der Waals surface area contributed by atoms with E-state index in [4.69, 9.17) is 10.5 Å². The Kier molecular flexibility index (Phi) is 6.41. The van der Waals surface area contributed by atoms with E-state index in [9.17, 15) is 9.59 Å². The number of nitrogen functional groups attached to an aromatic ring is 1. The largest absolute Gasteiger partial charge is 0.376 e. The van der Waals surface area contributed by atoms with E-state index in [1.54, 1.807) is 13.1 Å². The molecule has 1 unspecified atom stereocenters. The van der Waals surface area contributed by atoms with E-state index in [1.807, 2.05) is 17.0 Å². The molecule has 0 radical (unpaired) electrons. The maximum absolute atomic E-state index is 12.8. The lowest BCUT2D eigenvalue weighted by Gasteiger charge is -2.32. The summed E-state index contributed by atoms with van der Waals surface area (Å²) in [6, 6.07) is 3.74. The number of carbonyl (C=O) groups excluding carboxylic acids is 2. The highest BCUT2D eigenvalue weighted by Crippen LogP contribution is 2.27. The van der Waals surface area contributed by atoms with E-state index in [0.717, 1.165) is 38.0 Å². The van der Waals surface area contributed by atoms with Crippen molar-refractivity contribution in [3.63, 3.8) is 0 Å². The summed E-state index contributed by atoms with van der Waals surface area (Å²) in [7, 11) is 0. The SMILES string of the molecule is Cc1nc(N)ncc1C(=O)N1CCC(c2ccc(C(=O)NCC3CCCO3)cn2)CC1. The number of rotatable bonds is 5. The first-order valence-electron chi connectivity index (χ1n) is 10.8. The molecule has 3 N–H and O–H groups in total. The molecule has 4 heterocycles. The predicted octanol–water partition coefficient (Wildman–Crippen LogP) is 1.69. The fraction of sp³-hybridized carbons (Fsp3) is 0.500. The second-order valence-electron chi connectivity index (χ2n) is 8.11. The van der Waals surface area contributed by atoms with Crippen molar-refractivity contribution in [1.29, 1.82) is 0 Å². The van der Waals surface area contributed by atoms with Crippen LogP contribution in [0.25, 0.3) is 0 Å². The van der Waals surface area contributed by atoms with Crippen molar-refractivity contribution < 1.29 is 14.3 Å². The standard InChI is InChI=1S/C22H28N6O3/c1-14-18(13-26-22(23)27-14)21(30)28-8-6-15(7-9-28)19-5-4-16(11-24-19)20(29)25-12-17-3-2-10-31-17/h4-5,11,13,15,17H,2-3,6-10,12H2,1H3,(H,25,29)(H2,23,26,27). The molecule has 2 aliphatic rings. The topological polar surface area (TPSA) is 123 Å². The van der Waals surface area contributed by atoms with Crippen molar-refractivity contribution in [1.82, 2.24) is 25.2 Å². The van der Waals surface area contributed by atoms with Gasteiger partial charge in [-0.1, -0.05) is 0 Å². The second kappa shape index (κ2) is 9.38. The van der Waals surface area contributed by atoms with Crippen LogP contribution in [0.3, 0.4) is 0 Å². The van der Waals surface area contributed by atoms with Crippen LogP contribution < -0.4 is 11.1 Å². The number of anilines is 1. The number of pyridine rings is 1. The smallest absolute Gasteiger partial charge is 0.257 e. The molecular weight excluding hydrogens is 396 g/mol. The van der Waals surface area contributed by atoms with Crippen LogP contribution in [0.15, 0.2) is 24.5 Å². The number of nitrogens with two attached hydrogens (primary N) is 1. The van der Waals surface area contributed by atoms with Gasteiger partial charge in [-0.25, -0.2) is 9.97 Å². The number of piperidine rings is 1. The highest BCUT2D eigenvalue weighted by Gasteiger charge is 2.27. The van der Waals surface area contributed by atoms with E-state index < -0.39 is 0 Å². The summed E-state index contributed by atoms with van der Waals surface area (Å²) < 4.78 is 5.53. The average molecular weight is 425 g/mol. The van der Waals surface area contributed by atoms with Crippen molar-refractivity contribution in [3.8, 4) is 0 Å². The molecule has 0 aromatic carbocycles. The highest BCUT2D eigenvalue weighted by atomic mass is 16.5. The van der Waals surface area contributed by atoms with E-state index in [2.05, 4.69) is 20.3 Å². The lowest BCUT2D eigenvalue weighted by molar-refractivity contribution is 0.0710. The number of aromatic nitrogens is 3. The zero-order valence-electron chi connectivity index (χ0n) is 17.7. The first-order chi connectivity index (χ1) is 15.0. The third-order valence-electron chi connectivity index (χ3n) is 5.99. The van der Waals surface area contributed by atoms with Gasteiger partial charge in [0.2, 0.25) is 5.95 Å². The number of hydrogen-bond acceptors (Lipinski definition) is 7. The van der Waals surface area contributed by atoms with E-state index >= 15 is 0 Å². The van der Waals surface area contributed by atoms with Gasteiger partial charge < -0.3 is 20.7 Å². The van der Waals surface area contributed by atoms with Crippen LogP contribution >= 0.6 is 0 Å². The lowest BCUT2D eigenvalue weighted by atomic mass is 9.92. The van der Waals surface area contributed by atoms with Crippen molar-refractivity contribution in [2.45, 2.75) is 44.6 Å². The zero-order chi connectivity index (χ0) is 21.8. The summed E-state index contributed by atoms with van der Waals surface area (Å²) in [5.41, 5.74) is 8.16. The molecule has 2 aromatic rings. The minimum atomic E-state index is -0.129. The minimum absolute atomic E-state index is 0.0674. The Balaban J connectivity index is 1.30. The fourth-order valence-corrected chi connectivity index (χ4v) is 4.14. The normalized spacial score (nSPS) is 19.4. The van der Waals surface area contributed by atoms with Crippen LogP contribution in [0.2, 0.25) is 0 Å². The number of carbonyl (C=O) groups is 2. The Bertz CT molecular complexity index is 935. The maximum Gasteiger partial charge on any atom is 0.257 e. The van der Waals surface area contributed by atoms with Gasteiger partial charge in [0.15, 0.2) is 0 Å². The number of nitrogens with zero attached hydrogens (tertiary/aromatic N) is 4. The van der Waals surface area contributed by atoms with Gasteiger partial charge >= 0.3 is 0 Å². The van der Waals surface area contributed by atoms with Crippen LogP contribution in [-0.4, -0.2) is 64.0 Å². The summed E-state index contributed by atoms with van der Waals surface area (Å²) in [5, 5.41) is 2.92. The summed E-state index contributed by atoms with van der Waals surface area (Å²) >= 11 is 0. The van der Waals surface area contributed by atoms with Crippen LogP contribution in [-0.2, 0) is 4.74 Å². The van der Waals surface area contributed by atoms with E-state index in [0.29, 0.717) is 36.5 Å². The Morgan fingerprint density at radius 2 is 2.00 bits per heavy atom. The number of amides is 2. The van der Waals surface area contributed by atoms with Gasteiger partial charge in [-0.05, 0) is 44.7 Å². The van der Waals surface area contributed by atoms with Gasteiger partial charge in [0, 0.05) is 50.2 Å². The molecule has 4 rings (SSSR count). The van der Waals surface area contributed by atoms with Gasteiger partial charge in [-0.2, -0.15) is 0 Å². The first-order valence-corrected chi connectivity index (χ1v) is 10.8. The number of likely N-dealkylation sites (tertiary alicyclic amines) is 1. The van der Waals surface area contributed by atoms with E-state index in [-0.39, 0.29) is 29.8 Å². The summed E-state index contributed by atoms with van der Waals surface area (Å²) in [4.78, 5) is 39.5. The average Bonchev–Trinajstić information content (AvgIpc) is 3.31. The Morgan fingerprint density at radius 1 is 1.19 bits per heavy atom. The van der Waals surface area contributed by atoms with Gasteiger partial charge in [-0.3, -0.25) is 14.6 Å². The van der Waals surface area contributed by atoms with Crippen molar-refractivity contribution in [3.05, 3.63) is 47.0 Å². The molecule has 31 heavy (non-hydrogen) atoms. The molecule has 2 aliphatic heterocycles. The van der Waals surface area contributed by atoms with Gasteiger partial charge in [0.05, 0.1) is 22.9 Å². The number of ether oxygens (including phenoxy) is 1. The van der Waals surface area contributed by atoms with Crippen LogP contribution in [0, 0.1) is 6.92 Å². The molecular formula is C22H28N6O3. The van der Waals surface area contributed by atoms with Crippen molar-refractivity contribution in [2.75, 3.05) is 32.0 Å². The molecule has 0 saturated carbocycles. The van der Waals surface area contributed by atoms with Gasteiger partial charge in [-0.15, -0.1) is 0 Å². The number of hydrogen-bond donors (Lipinski definition) is 2. The quantitative estimate of drug-likeness (QED) is 0.748. The molecule has 164 valence electrons. The zero-order valence-corrected chi connectivity index (χ0v) is 17.7. The molecule has 0 spiro atoms. The lowest BCUT2D eigenvalue weighted by Crippen LogP contribution is -2.38. The number of aryl methyl sites for hydroxylation is 1. The molecule has 2 saturated heterocycles. The molecule has 0 aliphatic carbocycles. The predicted molar refractivity (Wildman–Crippen MR) is 115 cm³/mol. The summed E-state index contributed by atoms with van der Waals surface area (Å²) in [5.74, 6) is 0.234. The highest BCUT2D eigenvalue weighted by molar-refractivity contribution is 5.95. The third-order valence-corrected chi connectivity index (χ3v) is 5.99.